The lowest BCUT2D eigenvalue weighted by molar-refractivity contribution is -0.156. The van der Waals surface area contributed by atoms with Gasteiger partial charge in [-0.2, -0.15) is 0 Å². The average molecular weight is 444 g/mol. The molecule has 0 amide bonds. The molecule has 0 saturated carbocycles. The molecule has 0 saturated heterocycles. The van der Waals surface area contributed by atoms with Crippen LogP contribution in [0.2, 0.25) is 0 Å². The lowest BCUT2D eigenvalue weighted by Crippen LogP contribution is -2.51. The van der Waals surface area contributed by atoms with Crippen LogP contribution >= 0.6 is 0 Å². The fourth-order valence-electron chi connectivity index (χ4n) is 4.23. The second-order valence-corrected chi connectivity index (χ2v) is 8.87. The van der Waals surface area contributed by atoms with Gasteiger partial charge >= 0.3 is 0 Å². The monoisotopic (exact) mass is 443 g/mol. The molecular weight excluding hydrogens is 410 g/mol. The number of anilines is 1. The van der Waals surface area contributed by atoms with Crippen LogP contribution in [0, 0.1) is 0 Å². The lowest BCUT2D eigenvalue weighted by Gasteiger charge is -2.44. The van der Waals surface area contributed by atoms with Crippen molar-refractivity contribution >= 4 is 5.69 Å². The molecule has 1 aliphatic heterocycles. The van der Waals surface area contributed by atoms with E-state index in [0.717, 1.165) is 30.0 Å². The molecule has 1 aliphatic rings. The van der Waals surface area contributed by atoms with E-state index in [0.29, 0.717) is 13.2 Å². The number of ether oxygens (including phenoxy) is 3. The maximum Gasteiger partial charge on any atom is 0.132 e. The Hall–Kier alpha value is -3.08. The summed E-state index contributed by atoms with van der Waals surface area (Å²) in [6, 6.07) is 27.0. The minimum Gasteiger partial charge on any atom is -0.485 e. The highest BCUT2D eigenvalue weighted by atomic mass is 16.6. The van der Waals surface area contributed by atoms with E-state index in [4.69, 9.17) is 14.2 Å². The van der Waals surface area contributed by atoms with Crippen molar-refractivity contribution in [2.45, 2.75) is 44.6 Å². The zero-order valence-corrected chi connectivity index (χ0v) is 19.5. The molecule has 1 heterocycles. The topological polar surface area (TPSA) is 39.7 Å². The van der Waals surface area contributed by atoms with Crippen molar-refractivity contribution in [3.8, 4) is 5.75 Å². The van der Waals surface area contributed by atoms with Crippen molar-refractivity contribution in [1.82, 2.24) is 0 Å². The molecule has 33 heavy (non-hydrogen) atoms. The Morgan fingerprint density at radius 2 is 1.64 bits per heavy atom. The van der Waals surface area contributed by atoms with E-state index < -0.39 is 5.60 Å². The molecule has 4 heteroatoms. The highest BCUT2D eigenvalue weighted by Crippen LogP contribution is 2.44. The standard InChI is InChI=1S/C29H33NO3/c1-4-18-32-28-27(31-19-17-22-11-7-5-8-12-22)25-20-24(15-16-26(25)33-29(28,2)3)30-21-23-13-9-6-10-14-23/h4-16,20,27-28,30H,1,17-19,21H2,2-3H3. The van der Waals surface area contributed by atoms with Gasteiger partial charge in [0.25, 0.3) is 0 Å². The Balaban J connectivity index is 1.56. The highest BCUT2D eigenvalue weighted by Gasteiger charge is 2.45. The summed E-state index contributed by atoms with van der Waals surface area (Å²) in [6.45, 7) is 9.71. The minimum atomic E-state index is -0.535. The summed E-state index contributed by atoms with van der Waals surface area (Å²) < 4.78 is 19.1. The normalized spacial score (nSPS) is 18.7. The molecule has 3 aromatic rings. The smallest absolute Gasteiger partial charge is 0.132 e. The Morgan fingerprint density at radius 1 is 0.939 bits per heavy atom. The third-order valence-corrected chi connectivity index (χ3v) is 5.91. The molecule has 1 N–H and O–H groups in total. The van der Waals surface area contributed by atoms with Crippen LogP contribution in [0.5, 0.6) is 5.75 Å². The van der Waals surface area contributed by atoms with Crippen molar-refractivity contribution in [3.05, 3.63) is 108 Å². The molecule has 3 aromatic carbocycles. The van der Waals surface area contributed by atoms with Crippen molar-refractivity contribution in [1.29, 1.82) is 0 Å². The molecule has 0 aromatic heterocycles. The van der Waals surface area contributed by atoms with E-state index in [9.17, 15) is 0 Å². The van der Waals surface area contributed by atoms with Crippen LogP contribution in [0.3, 0.4) is 0 Å². The zero-order chi connectivity index (χ0) is 23.1. The van der Waals surface area contributed by atoms with Gasteiger partial charge in [-0.25, -0.2) is 0 Å². The number of hydrogen-bond donors (Lipinski definition) is 1. The highest BCUT2D eigenvalue weighted by molar-refractivity contribution is 5.54. The summed E-state index contributed by atoms with van der Waals surface area (Å²) in [5.74, 6) is 0.841. The van der Waals surface area contributed by atoms with Crippen LogP contribution in [0.4, 0.5) is 5.69 Å². The fourth-order valence-corrected chi connectivity index (χ4v) is 4.23. The van der Waals surface area contributed by atoms with Crippen LogP contribution < -0.4 is 10.1 Å². The van der Waals surface area contributed by atoms with Gasteiger partial charge in [-0.3, -0.25) is 0 Å². The molecule has 172 valence electrons. The first kappa shape index (κ1) is 23.1. The van der Waals surface area contributed by atoms with Gasteiger partial charge in [0.1, 0.15) is 23.6 Å². The number of nitrogens with one attached hydrogen (secondary N) is 1. The van der Waals surface area contributed by atoms with Crippen molar-refractivity contribution in [3.63, 3.8) is 0 Å². The summed E-state index contributed by atoms with van der Waals surface area (Å²) in [5, 5.41) is 3.52. The number of fused-ring (bicyclic) bond motifs is 1. The SMILES string of the molecule is C=CCOC1C(OCCc2ccccc2)c2cc(NCc3ccccc3)ccc2OC1(C)C. The van der Waals surface area contributed by atoms with Crippen molar-refractivity contribution < 1.29 is 14.2 Å². The van der Waals surface area contributed by atoms with Crippen LogP contribution in [0.25, 0.3) is 0 Å². The van der Waals surface area contributed by atoms with Crippen LogP contribution in [-0.4, -0.2) is 24.9 Å². The zero-order valence-electron chi connectivity index (χ0n) is 19.5. The van der Waals surface area contributed by atoms with Gasteiger partial charge in [-0.15, -0.1) is 6.58 Å². The predicted molar refractivity (Wildman–Crippen MR) is 134 cm³/mol. The molecule has 4 nitrogen and oxygen atoms in total. The molecule has 0 spiro atoms. The summed E-state index contributed by atoms with van der Waals surface area (Å²) >= 11 is 0. The van der Waals surface area contributed by atoms with E-state index in [1.807, 2.05) is 18.2 Å². The van der Waals surface area contributed by atoms with E-state index in [1.165, 1.54) is 11.1 Å². The van der Waals surface area contributed by atoms with E-state index >= 15 is 0 Å². The maximum atomic E-state index is 6.51. The fraction of sp³-hybridized carbons (Fsp3) is 0.310. The lowest BCUT2D eigenvalue weighted by atomic mass is 9.87. The molecular formula is C29H33NO3. The first-order valence-corrected chi connectivity index (χ1v) is 11.6. The van der Waals surface area contributed by atoms with E-state index in [2.05, 4.69) is 86.4 Å². The Kier molecular flexibility index (Phi) is 7.48. The van der Waals surface area contributed by atoms with Crippen LogP contribution in [-0.2, 0) is 22.4 Å². The molecule has 0 aliphatic carbocycles. The first-order chi connectivity index (χ1) is 16.1. The Morgan fingerprint density at radius 3 is 2.33 bits per heavy atom. The van der Waals surface area contributed by atoms with Gasteiger partial charge in [0.15, 0.2) is 0 Å². The van der Waals surface area contributed by atoms with Gasteiger partial charge in [0.2, 0.25) is 0 Å². The summed E-state index contributed by atoms with van der Waals surface area (Å²) in [4.78, 5) is 0. The van der Waals surface area contributed by atoms with Gasteiger partial charge in [-0.05, 0) is 49.6 Å². The molecule has 0 fully saturated rings. The predicted octanol–water partition coefficient (Wildman–Crippen LogP) is 6.34. The van der Waals surface area contributed by atoms with Crippen molar-refractivity contribution in [2.24, 2.45) is 0 Å². The summed E-state index contributed by atoms with van der Waals surface area (Å²) in [5.41, 5.74) is 3.99. The van der Waals surface area contributed by atoms with Crippen LogP contribution in [0.15, 0.2) is 91.5 Å². The third kappa shape index (κ3) is 5.84. The summed E-state index contributed by atoms with van der Waals surface area (Å²) in [7, 11) is 0. The molecule has 2 atom stereocenters. The van der Waals surface area contributed by atoms with Gasteiger partial charge < -0.3 is 19.5 Å². The van der Waals surface area contributed by atoms with Crippen molar-refractivity contribution in [2.75, 3.05) is 18.5 Å². The molecule has 0 radical (unpaired) electrons. The minimum absolute atomic E-state index is 0.245. The van der Waals surface area contributed by atoms with Gasteiger partial charge in [0, 0.05) is 17.8 Å². The third-order valence-electron chi connectivity index (χ3n) is 5.91. The van der Waals surface area contributed by atoms with E-state index in [1.54, 1.807) is 6.08 Å². The summed E-state index contributed by atoms with van der Waals surface area (Å²) in [6.07, 6.45) is 2.10. The van der Waals surface area contributed by atoms with Gasteiger partial charge in [0.05, 0.1) is 13.2 Å². The largest absolute Gasteiger partial charge is 0.485 e. The molecule has 2 unspecified atom stereocenters. The Bertz CT molecular complexity index is 1030. The molecule has 0 bridgehead atoms. The number of rotatable bonds is 10. The van der Waals surface area contributed by atoms with Crippen LogP contribution in [0.1, 0.15) is 36.6 Å². The number of benzene rings is 3. The van der Waals surface area contributed by atoms with E-state index in [-0.39, 0.29) is 12.2 Å². The second-order valence-electron chi connectivity index (χ2n) is 8.87. The second kappa shape index (κ2) is 10.7. The average Bonchev–Trinajstić information content (AvgIpc) is 2.83. The Labute approximate surface area is 197 Å². The number of hydrogen-bond acceptors (Lipinski definition) is 4. The van der Waals surface area contributed by atoms with Gasteiger partial charge in [-0.1, -0.05) is 66.7 Å². The molecule has 4 rings (SSSR count). The first-order valence-electron chi connectivity index (χ1n) is 11.6. The quantitative estimate of drug-likeness (QED) is 0.371. The maximum absolute atomic E-state index is 6.51.